The fraction of sp³-hybridized carbons (Fsp3) is 0.211. The molecule has 0 aliphatic carbocycles. The van der Waals surface area contributed by atoms with Gasteiger partial charge in [0.1, 0.15) is 11.4 Å². The number of aliphatic imine (C=N–C) groups is 1. The second-order valence-corrected chi connectivity index (χ2v) is 7.27. The molecule has 4 nitrogen and oxygen atoms in total. The van der Waals surface area contributed by atoms with Crippen molar-refractivity contribution in [1.29, 1.82) is 5.26 Å². The van der Waals surface area contributed by atoms with Gasteiger partial charge in [0.15, 0.2) is 0 Å². The highest BCUT2D eigenvalue weighted by Gasteiger charge is 2.39. The summed E-state index contributed by atoms with van der Waals surface area (Å²) in [5.74, 6) is -0.683. The average Bonchev–Trinajstić information content (AvgIpc) is 3.05. The van der Waals surface area contributed by atoms with Crippen LogP contribution in [0.5, 0.6) is 0 Å². The predicted molar refractivity (Wildman–Crippen MR) is 98.6 cm³/mol. The van der Waals surface area contributed by atoms with E-state index in [1.807, 2.05) is 0 Å². The zero-order valence-corrected chi connectivity index (χ0v) is 15.3. The van der Waals surface area contributed by atoms with Crippen LogP contribution >= 0.6 is 11.8 Å². The second kappa shape index (κ2) is 7.28. The summed E-state index contributed by atoms with van der Waals surface area (Å²) in [5.41, 5.74) is -2.26. The molecular weight excluding hydrogens is 394 g/mol. The third-order valence-corrected chi connectivity index (χ3v) is 5.43. The Balaban J connectivity index is 1.83. The number of nitriles is 1. The van der Waals surface area contributed by atoms with Crippen molar-refractivity contribution in [1.82, 2.24) is 0 Å². The molecule has 2 aromatic rings. The highest BCUT2D eigenvalue weighted by atomic mass is 32.2. The molecule has 0 fully saturated rings. The number of amides is 1. The second-order valence-electron chi connectivity index (χ2n) is 6.31. The van der Waals surface area contributed by atoms with Crippen molar-refractivity contribution in [2.24, 2.45) is 4.99 Å². The maximum absolute atomic E-state index is 13.1. The number of thioether (sulfide) groups is 1. The first-order valence-corrected chi connectivity index (χ1v) is 9.02. The van der Waals surface area contributed by atoms with Gasteiger partial charge in [-0.1, -0.05) is 0 Å². The van der Waals surface area contributed by atoms with Gasteiger partial charge in [0, 0.05) is 17.0 Å². The van der Waals surface area contributed by atoms with Crippen LogP contribution < -0.4 is 5.32 Å². The Bertz CT molecular complexity index is 996. The molecular formula is C19H13F4N3OS. The Morgan fingerprint density at radius 3 is 2.54 bits per heavy atom. The number of carbonyl (C=O) groups excluding carboxylic acids is 1. The number of benzene rings is 2. The fourth-order valence-electron chi connectivity index (χ4n) is 2.57. The minimum Gasteiger partial charge on any atom is -0.324 e. The maximum atomic E-state index is 13.1. The molecule has 144 valence electrons. The number of anilines is 1. The number of rotatable bonds is 3. The highest BCUT2D eigenvalue weighted by molar-refractivity contribution is 8.14. The summed E-state index contributed by atoms with van der Waals surface area (Å²) < 4.78 is 52.3. The van der Waals surface area contributed by atoms with Crippen molar-refractivity contribution in [3.05, 3.63) is 65.0 Å². The molecule has 2 aromatic carbocycles. The van der Waals surface area contributed by atoms with Crippen LogP contribution in [0.2, 0.25) is 0 Å². The van der Waals surface area contributed by atoms with E-state index in [-0.39, 0.29) is 11.4 Å². The first-order valence-electron chi connectivity index (χ1n) is 8.04. The fourth-order valence-corrected chi connectivity index (χ4v) is 3.76. The van der Waals surface area contributed by atoms with Crippen LogP contribution in [0.3, 0.4) is 0 Å². The van der Waals surface area contributed by atoms with Crippen molar-refractivity contribution in [3.8, 4) is 6.07 Å². The molecule has 0 saturated heterocycles. The van der Waals surface area contributed by atoms with Crippen LogP contribution in [0.25, 0.3) is 0 Å². The number of hydrogen-bond donors (Lipinski definition) is 1. The molecule has 1 heterocycles. The molecule has 1 N–H and O–H groups in total. The summed E-state index contributed by atoms with van der Waals surface area (Å²) >= 11 is 1.30. The summed E-state index contributed by atoms with van der Waals surface area (Å²) in [5, 5.41) is 11.8. The first kappa shape index (κ1) is 19.9. The first-order chi connectivity index (χ1) is 13.1. The van der Waals surface area contributed by atoms with E-state index in [1.165, 1.54) is 36.0 Å². The Hall–Kier alpha value is -2.86. The standard InChI is InChI=1S/C19H13F4N3OS/c1-18(10-28-16(26-18)11-2-5-13(20)6-3-11)17(27)25-14-7-4-12(9-24)15(8-14)19(21,22)23/h2-8H,10H2,1H3,(H,25,27). The van der Waals surface area contributed by atoms with Crippen LogP contribution in [-0.4, -0.2) is 22.2 Å². The number of halogens is 4. The van der Waals surface area contributed by atoms with E-state index in [0.29, 0.717) is 10.6 Å². The van der Waals surface area contributed by atoms with Gasteiger partial charge >= 0.3 is 6.18 Å². The molecule has 0 aromatic heterocycles. The summed E-state index contributed by atoms with van der Waals surface area (Å²) in [6.45, 7) is 1.57. The largest absolute Gasteiger partial charge is 0.417 e. The molecule has 0 saturated carbocycles. The maximum Gasteiger partial charge on any atom is 0.417 e. The summed E-state index contributed by atoms with van der Waals surface area (Å²) in [6.07, 6.45) is -4.72. The molecule has 0 radical (unpaired) electrons. The molecule has 28 heavy (non-hydrogen) atoms. The molecule has 9 heteroatoms. The van der Waals surface area contributed by atoms with E-state index in [4.69, 9.17) is 5.26 Å². The minimum absolute atomic E-state index is 0.0759. The van der Waals surface area contributed by atoms with E-state index >= 15 is 0 Å². The molecule has 1 amide bonds. The lowest BCUT2D eigenvalue weighted by Crippen LogP contribution is -2.39. The monoisotopic (exact) mass is 407 g/mol. The molecule has 0 spiro atoms. The lowest BCUT2D eigenvalue weighted by atomic mass is 10.0. The molecule has 0 bridgehead atoms. The lowest BCUT2D eigenvalue weighted by Gasteiger charge is -2.19. The zero-order valence-electron chi connectivity index (χ0n) is 14.5. The predicted octanol–water partition coefficient (Wildman–Crippen LogP) is 4.61. The molecule has 1 aliphatic heterocycles. The number of nitrogens with one attached hydrogen (secondary N) is 1. The van der Waals surface area contributed by atoms with Gasteiger partial charge in [0.2, 0.25) is 0 Å². The Labute approximate surface area is 162 Å². The van der Waals surface area contributed by atoms with E-state index in [9.17, 15) is 22.4 Å². The number of nitrogens with zero attached hydrogens (tertiary/aromatic N) is 2. The van der Waals surface area contributed by atoms with E-state index in [2.05, 4.69) is 10.3 Å². The Morgan fingerprint density at radius 2 is 1.93 bits per heavy atom. The molecule has 1 atom stereocenters. The van der Waals surface area contributed by atoms with Gasteiger partial charge in [-0.05, 0) is 49.4 Å². The van der Waals surface area contributed by atoms with Crippen molar-refractivity contribution < 1.29 is 22.4 Å². The molecule has 1 unspecified atom stereocenters. The number of hydrogen-bond acceptors (Lipinski definition) is 4. The van der Waals surface area contributed by atoms with Crippen LogP contribution in [-0.2, 0) is 11.0 Å². The van der Waals surface area contributed by atoms with Crippen LogP contribution in [0.4, 0.5) is 23.2 Å². The minimum atomic E-state index is -4.72. The van der Waals surface area contributed by atoms with Crippen LogP contribution in [0.1, 0.15) is 23.6 Å². The smallest absolute Gasteiger partial charge is 0.324 e. The van der Waals surface area contributed by atoms with E-state index in [0.717, 1.165) is 12.1 Å². The van der Waals surface area contributed by atoms with Crippen molar-refractivity contribution in [3.63, 3.8) is 0 Å². The van der Waals surface area contributed by atoms with Crippen molar-refractivity contribution >= 4 is 28.4 Å². The van der Waals surface area contributed by atoms with Crippen LogP contribution in [0, 0.1) is 17.1 Å². The van der Waals surface area contributed by atoms with Gasteiger partial charge < -0.3 is 5.32 Å². The highest BCUT2D eigenvalue weighted by Crippen LogP contribution is 2.35. The topological polar surface area (TPSA) is 65.2 Å². The van der Waals surface area contributed by atoms with Gasteiger partial charge in [0.25, 0.3) is 5.91 Å². The van der Waals surface area contributed by atoms with Gasteiger partial charge in [0.05, 0.1) is 22.2 Å². The third kappa shape index (κ3) is 4.02. The van der Waals surface area contributed by atoms with Gasteiger partial charge in [-0.3, -0.25) is 9.79 Å². The average molecular weight is 407 g/mol. The summed E-state index contributed by atoms with van der Waals surface area (Å²) in [6, 6.07) is 10.1. The third-order valence-electron chi connectivity index (χ3n) is 4.12. The SMILES string of the molecule is CC1(C(=O)Nc2ccc(C#N)c(C(F)(F)F)c2)CSC(c2ccc(F)cc2)=N1. The van der Waals surface area contributed by atoms with E-state index < -0.39 is 34.6 Å². The molecule has 1 aliphatic rings. The van der Waals surface area contributed by atoms with Gasteiger partial charge in [-0.15, -0.1) is 11.8 Å². The van der Waals surface area contributed by atoms with Crippen LogP contribution in [0.15, 0.2) is 47.5 Å². The van der Waals surface area contributed by atoms with E-state index in [1.54, 1.807) is 19.1 Å². The van der Waals surface area contributed by atoms with Gasteiger partial charge in [-0.25, -0.2) is 4.39 Å². The summed E-state index contributed by atoms with van der Waals surface area (Å²) in [7, 11) is 0. The Kier molecular flexibility index (Phi) is 5.17. The Morgan fingerprint density at radius 1 is 1.25 bits per heavy atom. The van der Waals surface area contributed by atoms with Gasteiger partial charge in [-0.2, -0.15) is 18.4 Å². The zero-order chi connectivity index (χ0) is 20.5. The van der Waals surface area contributed by atoms with Crippen molar-refractivity contribution in [2.75, 3.05) is 11.1 Å². The normalized spacial score (nSPS) is 19.1. The lowest BCUT2D eigenvalue weighted by molar-refractivity contribution is -0.137. The summed E-state index contributed by atoms with van der Waals surface area (Å²) in [4.78, 5) is 17.0. The number of alkyl halides is 3. The molecule has 3 rings (SSSR count). The van der Waals surface area contributed by atoms with Crippen molar-refractivity contribution in [2.45, 2.75) is 18.6 Å². The quantitative estimate of drug-likeness (QED) is 0.756. The number of carbonyl (C=O) groups is 1.